The molecule has 0 aromatic heterocycles. The lowest BCUT2D eigenvalue weighted by Gasteiger charge is -2.36. The Morgan fingerprint density at radius 3 is 1.19 bits per heavy atom. The number of benzene rings is 6. The number of hydrogen-bond acceptors (Lipinski definition) is 3. The van der Waals surface area contributed by atoms with Crippen LogP contribution in [0.15, 0.2) is 140 Å². The van der Waals surface area contributed by atoms with Crippen molar-refractivity contribution in [1.29, 1.82) is 0 Å². The monoisotopic (exact) mass is 714 g/mol. The van der Waals surface area contributed by atoms with Gasteiger partial charge in [0.15, 0.2) is 0 Å². The number of ether oxygens (including phenoxy) is 1. The Morgan fingerprint density at radius 2 is 0.852 bits per heavy atom. The molecule has 0 bridgehead atoms. The molecule has 1 atom stereocenters. The standard InChI is InChI=1S/C51H58N2O/c1-36-15-11-19-42(27-36)52(43-20-12-16-37(2)28-43)46-31-47(53(44-21-13-17-38(3)29-44)45-22-14-18-39(4)30-45)33-48(32-46)54-35-40-23-25-41(26-24-40)49(51(8,9)10)34-50(5,6)7/h11-33,49H,34-35H2,1-10H3. The third-order valence-electron chi connectivity index (χ3n) is 10.1. The van der Waals surface area contributed by atoms with Crippen molar-refractivity contribution in [3.8, 4) is 5.75 Å². The van der Waals surface area contributed by atoms with Gasteiger partial charge in [0, 0.05) is 34.9 Å². The molecule has 0 fully saturated rings. The van der Waals surface area contributed by atoms with Crippen molar-refractivity contribution in [2.24, 2.45) is 10.8 Å². The molecule has 0 N–H and O–H groups in total. The average Bonchev–Trinajstić information content (AvgIpc) is 3.10. The molecule has 0 aliphatic heterocycles. The van der Waals surface area contributed by atoms with Gasteiger partial charge in [-0.3, -0.25) is 0 Å². The van der Waals surface area contributed by atoms with Gasteiger partial charge in [-0.1, -0.05) is 114 Å². The number of nitrogens with zero attached hydrogens (tertiary/aromatic N) is 2. The van der Waals surface area contributed by atoms with Crippen LogP contribution in [-0.2, 0) is 6.61 Å². The summed E-state index contributed by atoms with van der Waals surface area (Å²) in [4.78, 5) is 4.69. The predicted octanol–water partition coefficient (Wildman–Crippen LogP) is 15.0. The second kappa shape index (κ2) is 16.0. The quantitative estimate of drug-likeness (QED) is 0.133. The molecule has 0 saturated heterocycles. The molecule has 0 aliphatic rings. The molecule has 6 rings (SSSR count). The van der Waals surface area contributed by atoms with Gasteiger partial charge in [0.2, 0.25) is 0 Å². The van der Waals surface area contributed by atoms with Crippen molar-refractivity contribution in [2.75, 3.05) is 9.80 Å². The molecule has 0 aliphatic carbocycles. The molecular formula is C51H58N2O. The average molecular weight is 715 g/mol. The van der Waals surface area contributed by atoms with Crippen LogP contribution in [0.25, 0.3) is 0 Å². The normalized spacial score (nSPS) is 12.3. The van der Waals surface area contributed by atoms with Crippen molar-refractivity contribution in [1.82, 2.24) is 0 Å². The molecule has 0 heterocycles. The van der Waals surface area contributed by atoms with Crippen molar-refractivity contribution in [3.05, 3.63) is 173 Å². The highest BCUT2D eigenvalue weighted by molar-refractivity contribution is 5.84. The third kappa shape index (κ3) is 9.63. The van der Waals surface area contributed by atoms with E-state index in [1.54, 1.807) is 0 Å². The summed E-state index contributed by atoms with van der Waals surface area (Å²) < 4.78 is 6.81. The summed E-state index contributed by atoms with van der Waals surface area (Å²) in [6.07, 6.45) is 1.14. The van der Waals surface area contributed by atoms with E-state index in [0.29, 0.717) is 12.5 Å². The van der Waals surface area contributed by atoms with Gasteiger partial charge in [0.1, 0.15) is 12.4 Å². The zero-order valence-electron chi connectivity index (χ0n) is 34.1. The molecule has 6 aromatic rings. The van der Waals surface area contributed by atoms with Crippen LogP contribution in [0.2, 0.25) is 0 Å². The Kier molecular flexibility index (Phi) is 11.4. The fourth-order valence-corrected chi connectivity index (χ4v) is 7.42. The van der Waals surface area contributed by atoms with Gasteiger partial charge in [-0.25, -0.2) is 0 Å². The number of hydrogen-bond donors (Lipinski definition) is 0. The van der Waals surface area contributed by atoms with Crippen LogP contribution < -0.4 is 14.5 Å². The van der Waals surface area contributed by atoms with Gasteiger partial charge in [-0.05, 0) is 139 Å². The van der Waals surface area contributed by atoms with Crippen molar-refractivity contribution < 1.29 is 4.74 Å². The van der Waals surface area contributed by atoms with Gasteiger partial charge in [0.05, 0.1) is 11.4 Å². The van der Waals surface area contributed by atoms with Gasteiger partial charge >= 0.3 is 0 Å². The summed E-state index contributed by atoms with van der Waals surface area (Å²) in [5, 5.41) is 0. The van der Waals surface area contributed by atoms with Crippen LogP contribution in [0.4, 0.5) is 34.1 Å². The second-order valence-electron chi connectivity index (χ2n) is 17.4. The maximum Gasteiger partial charge on any atom is 0.123 e. The van der Waals surface area contributed by atoms with Crippen molar-refractivity contribution >= 4 is 34.1 Å². The molecule has 0 radical (unpaired) electrons. The molecule has 3 heteroatoms. The molecule has 6 aromatic carbocycles. The molecular weight excluding hydrogens is 657 g/mol. The van der Waals surface area contributed by atoms with Crippen molar-refractivity contribution in [2.45, 2.75) is 88.2 Å². The summed E-state index contributed by atoms with van der Waals surface area (Å²) in [5.41, 5.74) is 14.2. The van der Waals surface area contributed by atoms with E-state index in [1.165, 1.54) is 27.8 Å². The summed E-state index contributed by atoms with van der Waals surface area (Å²) >= 11 is 0. The number of anilines is 6. The smallest absolute Gasteiger partial charge is 0.123 e. The first kappa shape index (κ1) is 38.4. The number of aryl methyl sites for hydroxylation is 4. The van der Waals surface area contributed by atoms with E-state index in [-0.39, 0.29) is 10.8 Å². The minimum Gasteiger partial charge on any atom is -0.489 e. The summed E-state index contributed by atoms with van der Waals surface area (Å²) in [6, 6.07) is 50.7. The summed E-state index contributed by atoms with van der Waals surface area (Å²) in [6.45, 7) is 23.2. The highest BCUT2D eigenvalue weighted by atomic mass is 16.5. The molecule has 3 nitrogen and oxygen atoms in total. The molecule has 0 spiro atoms. The van der Waals surface area contributed by atoms with E-state index in [4.69, 9.17) is 4.74 Å². The Morgan fingerprint density at radius 1 is 0.463 bits per heavy atom. The molecule has 278 valence electrons. The first-order valence-corrected chi connectivity index (χ1v) is 19.4. The maximum absolute atomic E-state index is 6.81. The first-order valence-electron chi connectivity index (χ1n) is 19.4. The van der Waals surface area contributed by atoms with E-state index < -0.39 is 0 Å². The lowest BCUT2D eigenvalue weighted by Crippen LogP contribution is -2.23. The van der Waals surface area contributed by atoms with Gasteiger partial charge in [-0.15, -0.1) is 0 Å². The topological polar surface area (TPSA) is 15.7 Å². The van der Waals surface area contributed by atoms with E-state index in [9.17, 15) is 0 Å². The molecule has 0 saturated carbocycles. The Bertz CT molecular complexity index is 1980. The van der Waals surface area contributed by atoms with Crippen LogP contribution in [0.3, 0.4) is 0 Å². The first-order chi connectivity index (χ1) is 25.6. The van der Waals surface area contributed by atoms with E-state index in [0.717, 1.165) is 51.9 Å². The molecule has 54 heavy (non-hydrogen) atoms. The zero-order valence-corrected chi connectivity index (χ0v) is 34.1. The van der Waals surface area contributed by atoms with Crippen LogP contribution in [0, 0.1) is 38.5 Å². The zero-order chi connectivity index (χ0) is 38.6. The second-order valence-corrected chi connectivity index (χ2v) is 17.4. The van der Waals surface area contributed by atoms with Gasteiger partial charge in [-0.2, -0.15) is 0 Å². The van der Waals surface area contributed by atoms with Crippen LogP contribution in [0.1, 0.15) is 87.3 Å². The van der Waals surface area contributed by atoms with E-state index >= 15 is 0 Å². The summed E-state index contributed by atoms with van der Waals surface area (Å²) in [7, 11) is 0. The SMILES string of the molecule is Cc1cccc(N(c2cccc(C)c2)c2cc(OCc3ccc(C(CC(C)(C)C)C(C)(C)C)cc3)cc(N(c3cccc(C)c3)c3cccc(C)c3)c2)c1. The minimum atomic E-state index is 0.170. The molecule has 1 unspecified atom stereocenters. The van der Waals surface area contributed by atoms with E-state index in [1.807, 2.05) is 0 Å². The maximum atomic E-state index is 6.81. The van der Waals surface area contributed by atoms with Gasteiger partial charge < -0.3 is 14.5 Å². The number of rotatable bonds is 11. The lowest BCUT2D eigenvalue weighted by atomic mass is 9.69. The fraction of sp³-hybridized carbons (Fsp3) is 0.294. The Balaban J connectivity index is 1.47. The summed E-state index contributed by atoms with van der Waals surface area (Å²) in [5.74, 6) is 1.28. The lowest BCUT2D eigenvalue weighted by molar-refractivity contribution is 0.229. The Labute approximate surface area is 325 Å². The molecule has 0 amide bonds. The fourth-order valence-electron chi connectivity index (χ4n) is 7.42. The van der Waals surface area contributed by atoms with Crippen molar-refractivity contribution in [3.63, 3.8) is 0 Å². The third-order valence-corrected chi connectivity index (χ3v) is 10.1. The van der Waals surface area contributed by atoms with E-state index in [2.05, 4.69) is 219 Å². The van der Waals surface area contributed by atoms with Gasteiger partial charge in [0.25, 0.3) is 0 Å². The Hall–Kier alpha value is -5.28. The van der Waals surface area contributed by atoms with Crippen LogP contribution in [-0.4, -0.2) is 0 Å². The highest BCUT2D eigenvalue weighted by Crippen LogP contribution is 2.45. The minimum absolute atomic E-state index is 0.170. The largest absolute Gasteiger partial charge is 0.489 e. The highest BCUT2D eigenvalue weighted by Gasteiger charge is 2.30. The van der Waals surface area contributed by atoms with Crippen LogP contribution in [0.5, 0.6) is 5.75 Å². The predicted molar refractivity (Wildman–Crippen MR) is 232 cm³/mol. The van der Waals surface area contributed by atoms with Crippen LogP contribution >= 0.6 is 0 Å².